The van der Waals surface area contributed by atoms with E-state index in [2.05, 4.69) is 20.7 Å². The Bertz CT molecular complexity index is 1470. The van der Waals surface area contributed by atoms with Gasteiger partial charge in [0, 0.05) is 29.7 Å². The molecule has 1 aliphatic heterocycles. The number of anilines is 1. The van der Waals surface area contributed by atoms with Crippen molar-refractivity contribution in [3.05, 3.63) is 66.0 Å². The Morgan fingerprint density at radius 2 is 1.76 bits per heavy atom. The number of nitrogen functional groups attached to an aromatic ring is 1. The van der Waals surface area contributed by atoms with Crippen LogP contribution in [-0.2, 0) is 4.84 Å². The monoisotopic (exact) mass is 520 g/mol. The van der Waals surface area contributed by atoms with Crippen LogP contribution in [0, 0.1) is 5.82 Å². The molecule has 3 aromatic carbocycles. The predicted molar refractivity (Wildman–Crippen MR) is 137 cm³/mol. The molecule has 0 spiro atoms. The van der Waals surface area contributed by atoms with E-state index in [9.17, 15) is 4.39 Å². The summed E-state index contributed by atoms with van der Waals surface area (Å²) in [5, 5.41) is 16.1. The highest BCUT2D eigenvalue weighted by atomic mass is 19.1. The molecule has 196 valence electrons. The van der Waals surface area contributed by atoms with E-state index in [1.165, 1.54) is 32.1 Å². The SMILES string of the molecule is COc1cc(-n2nnnc2-c2ccc(OCC3CC(c4ccccc4F)=NO3)c(N)c2)cc(OC)c1OC. The van der Waals surface area contributed by atoms with E-state index in [-0.39, 0.29) is 18.5 Å². The normalized spacial score (nSPS) is 14.5. The molecule has 0 aliphatic carbocycles. The van der Waals surface area contributed by atoms with Crippen molar-refractivity contribution >= 4 is 11.4 Å². The van der Waals surface area contributed by atoms with Gasteiger partial charge in [0.05, 0.1) is 38.4 Å². The smallest absolute Gasteiger partial charge is 0.203 e. The van der Waals surface area contributed by atoms with Crippen LogP contribution in [0.1, 0.15) is 12.0 Å². The van der Waals surface area contributed by atoms with E-state index in [0.717, 1.165) is 0 Å². The van der Waals surface area contributed by atoms with Crippen LogP contribution in [0.3, 0.4) is 0 Å². The number of tetrazole rings is 1. The first-order valence-corrected chi connectivity index (χ1v) is 11.6. The largest absolute Gasteiger partial charge is 0.493 e. The molecule has 1 aliphatic rings. The van der Waals surface area contributed by atoms with E-state index >= 15 is 0 Å². The molecule has 0 saturated heterocycles. The first kappa shape index (κ1) is 24.8. The number of methoxy groups -OCH3 is 3. The molecule has 1 atom stereocenters. The molecule has 0 radical (unpaired) electrons. The molecular weight excluding hydrogens is 495 g/mol. The zero-order chi connectivity index (χ0) is 26.6. The highest BCUT2D eigenvalue weighted by molar-refractivity contribution is 6.01. The number of aromatic nitrogens is 4. The summed E-state index contributed by atoms with van der Waals surface area (Å²) < 4.78 is 37.8. The fourth-order valence-electron chi connectivity index (χ4n) is 4.10. The zero-order valence-electron chi connectivity index (χ0n) is 20.9. The number of halogens is 1. The fraction of sp³-hybridized carbons (Fsp3) is 0.231. The minimum atomic E-state index is -0.365. The Labute approximate surface area is 217 Å². The van der Waals surface area contributed by atoms with Crippen molar-refractivity contribution in [2.75, 3.05) is 33.7 Å². The van der Waals surface area contributed by atoms with Gasteiger partial charge in [-0.2, -0.15) is 4.68 Å². The highest BCUT2D eigenvalue weighted by Gasteiger charge is 2.25. The molecule has 38 heavy (non-hydrogen) atoms. The lowest BCUT2D eigenvalue weighted by atomic mass is 10.0. The number of oxime groups is 1. The number of nitrogens with two attached hydrogens (primary N) is 1. The Morgan fingerprint density at radius 1 is 1.00 bits per heavy atom. The molecule has 2 heterocycles. The van der Waals surface area contributed by atoms with Crippen molar-refractivity contribution in [2.24, 2.45) is 5.16 Å². The van der Waals surface area contributed by atoms with Crippen LogP contribution in [0.2, 0.25) is 0 Å². The Balaban J connectivity index is 1.31. The van der Waals surface area contributed by atoms with Gasteiger partial charge in [-0.15, -0.1) is 5.10 Å². The number of ether oxygens (including phenoxy) is 4. The lowest BCUT2D eigenvalue weighted by Crippen LogP contribution is -2.19. The zero-order valence-corrected chi connectivity index (χ0v) is 20.9. The van der Waals surface area contributed by atoms with Gasteiger partial charge < -0.3 is 29.5 Å². The summed E-state index contributed by atoms with van der Waals surface area (Å²) in [6, 6.07) is 15.2. The van der Waals surface area contributed by atoms with Gasteiger partial charge in [-0.1, -0.05) is 23.4 Å². The average Bonchev–Trinajstić information content (AvgIpc) is 3.62. The summed E-state index contributed by atoms with van der Waals surface area (Å²) >= 11 is 0. The molecule has 0 bridgehead atoms. The standard InChI is InChI=1S/C26H25FN6O5/c1-34-23-11-16(12-24(35-2)25(23)36-3)33-26(29-31-32-33)15-8-9-22(20(28)10-15)37-14-17-13-21(30-38-17)18-6-4-5-7-19(18)27/h4-12,17H,13-14,28H2,1-3H3. The molecule has 5 rings (SSSR count). The van der Waals surface area contributed by atoms with Crippen molar-refractivity contribution in [3.63, 3.8) is 0 Å². The van der Waals surface area contributed by atoms with Gasteiger partial charge >= 0.3 is 0 Å². The first-order chi connectivity index (χ1) is 18.5. The minimum absolute atomic E-state index is 0.189. The Kier molecular flexibility index (Phi) is 6.94. The quantitative estimate of drug-likeness (QED) is 0.329. The highest BCUT2D eigenvalue weighted by Crippen LogP contribution is 2.40. The number of nitrogens with zero attached hydrogens (tertiary/aromatic N) is 5. The summed E-state index contributed by atoms with van der Waals surface area (Å²) in [6.07, 6.45) is 0.0543. The van der Waals surface area contributed by atoms with Crippen LogP contribution in [0.25, 0.3) is 17.1 Å². The predicted octanol–water partition coefficient (Wildman–Crippen LogP) is 3.65. The lowest BCUT2D eigenvalue weighted by Gasteiger charge is -2.15. The summed E-state index contributed by atoms with van der Waals surface area (Å²) in [7, 11) is 4.60. The molecule has 1 unspecified atom stereocenters. The van der Waals surface area contributed by atoms with Crippen molar-refractivity contribution < 1.29 is 28.2 Å². The van der Waals surface area contributed by atoms with Gasteiger partial charge in [0.2, 0.25) is 5.75 Å². The first-order valence-electron chi connectivity index (χ1n) is 11.6. The van der Waals surface area contributed by atoms with Crippen molar-refractivity contribution in [1.29, 1.82) is 0 Å². The van der Waals surface area contributed by atoms with E-state index < -0.39 is 0 Å². The van der Waals surface area contributed by atoms with Gasteiger partial charge in [-0.05, 0) is 34.7 Å². The summed E-state index contributed by atoms with van der Waals surface area (Å²) in [5.74, 6) is 1.94. The van der Waals surface area contributed by atoms with Crippen LogP contribution in [-0.4, -0.2) is 60.0 Å². The molecule has 11 nitrogen and oxygen atoms in total. The van der Waals surface area contributed by atoms with Gasteiger partial charge in [-0.3, -0.25) is 0 Å². The van der Waals surface area contributed by atoms with E-state index in [1.54, 1.807) is 48.5 Å². The summed E-state index contributed by atoms with van der Waals surface area (Å²) in [6.45, 7) is 0.189. The molecule has 12 heteroatoms. The third-order valence-corrected chi connectivity index (χ3v) is 5.97. The Morgan fingerprint density at radius 3 is 2.45 bits per heavy atom. The van der Waals surface area contributed by atoms with Crippen molar-refractivity contribution in [3.8, 4) is 40.1 Å². The lowest BCUT2D eigenvalue weighted by molar-refractivity contribution is 0.0473. The second-order valence-corrected chi connectivity index (χ2v) is 8.31. The van der Waals surface area contributed by atoms with Gasteiger partial charge in [0.25, 0.3) is 0 Å². The maximum Gasteiger partial charge on any atom is 0.203 e. The summed E-state index contributed by atoms with van der Waals surface area (Å²) in [4.78, 5) is 5.43. The van der Waals surface area contributed by atoms with Crippen LogP contribution < -0.4 is 24.7 Å². The number of hydrogen-bond acceptors (Lipinski definition) is 10. The molecule has 1 aromatic heterocycles. The Hall–Kier alpha value is -4.87. The van der Waals surface area contributed by atoms with Crippen LogP contribution in [0.4, 0.5) is 10.1 Å². The van der Waals surface area contributed by atoms with Crippen LogP contribution in [0.15, 0.2) is 59.8 Å². The maximum atomic E-state index is 14.1. The van der Waals surface area contributed by atoms with Crippen molar-refractivity contribution in [1.82, 2.24) is 20.2 Å². The number of hydrogen-bond donors (Lipinski definition) is 1. The van der Waals surface area contributed by atoms with E-state index in [0.29, 0.717) is 63.5 Å². The molecular formula is C26H25FN6O5. The van der Waals surface area contributed by atoms with Gasteiger partial charge in [-0.25, -0.2) is 4.39 Å². The molecule has 4 aromatic rings. The molecule has 0 fully saturated rings. The second kappa shape index (κ2) is 10.6. The van der Waals surface area contributed by atoms with Gasteiger partial charge in [0.15, 0.2) is 23.4 Å². The summed E-state index contributed by atoms with van der Waals surface area (Å²) in [5.41, 5.74) is 8.90. The maximum absolute atomic E-state index is 14.1. The van der Waals surface area contributed by atoms with Gasteiger partial charge in [0.1, 0.15) is 18.2 Å². The average molecular weight is 521 g/mol. The van der Waals surface area contributed by atoms with Crippen LogP contribution in [0.5, 0.6) is 23.0 Å². The van der Waals surface area contributed by atoms with E-state index in [1.807, 2.05) is 0 Å². The van der Waals surface area contributed by atoms with Crippen molar-refractivity contribution in [2.45, 2.75) is 12.5 Å². The third-order valence-electron chi connectivity index (χ3n) is 5.97. The van der Waals surface area contributed by atoms with E-state index in [4.69, 9.17) is 29.5 Å². The molecule has 0 amide bonds. The van der Waals surface area contributed by atoms with Crippen LogP contribution >= 0.6 is 0 Å². The third kappa shape index (κ3) is 4.75. The molecule has 2 N–H and O–H groups in total. The topological polar surface area (TPSA) is 128 Å². The second-order valence-electron chi connectivity index (χ2n) is 8.31. The number of rotatable bonds is 9. The number of benzene rings is 3. The minimum Gasteiger partial charge on any atom is -0.493 e. The molecule has 0 saturated carbocycles. The fourth-order valence-corrected chi connectivity index (χ4v) is 4.10.